The Bertz CT molecular complexity index is 418. The Morgan fingerprint density at radius 2 is 1.75 bits per heavy atom. The van der Waals surface area contributed by atoms with Gasteiger partial charge < -0.3 is 11.1 Å². The largest absolute Gasteiger partial charge is 0.352 e. The minimum Gasteiger partial charge on any atom is -0.352 e. The summed E-state index contributed by atoms with van der Waals surface area (Å²) in [5, 5.41) is 2.99. The predicted octanol–water partition coefficient (Wildman–Crippen LogP) is 2.88. The second-order valence-corrected chi connectivity index (χ2v) is 6.59. The van der Waals surface area contributed by atoms with E-state index in [4.69, 9.17) is 5.73 Å². The van der Waals surface area contributed by atoms with Crippen LogP contribution in [-0.2, 0) is 17.8 Å². The molecule has 1 aromatic carbocycles. The van der Waals surface area contributed by atoms with E-state index in [1.807, 2.05) is 0 Å². The van der Waals surface area contributed by atoms with E-state index in [-0.39, 0.29) is 17.2 Å². The molecule has 0 saturated heterocycles. The standard InChI is InChI=1S/C17H28N2O/c1-5-13-6-8-14(9-7-13)12-19-16(20)15(11-18)10-17(2,3)4/h6-9,15H,5,10-12,18H2,1-4H3,(H,19,20). The number of carbonyl (C=O) groups is 1. The van der Waals surface area contributed by atoms with Gasteiger partial charge in [0.1, 0.15) is 0 Å². The van der Waals surface area contributed by atoms with Gasteiger partial charge in [0.15, 0.2) is 0 Å². The Labute approximate surface area is 122 Å². The Balaban J connectivity index is 2.52. The molecule has 3 nitrogen and oxygen atoms in total. The maximum atomic E-state index is 12.2. The van der Waals surface area contributed by atoms with Crippen molar-refractivity contribution in [2.24, 2.45) is 17.1 Å². The molecule has 1 atom stereocenters. The number of benzene rings is 1. The predicted molar refractivity (Wildman–Crippen MR) is 84.3 cm³/mol. The fourth-order valence-corrected chi connectivity index (χ4v) is 2.25. The summed E-state index contributed by atoms with van der Waals surface area (Å²) in [5.74, 6) is -0.0492. The lowest BCUT2D eigenvalue weighted by molar-refractivity contribution is -0.125. The second-order valence-electron chi connectivity index (χ2n) is 6.59. The molecule has 3 N–H and O–H groups in total. The van der Waals surface area contributed by atoms with E-state index in [9.17, 15) is 4.79 Å². The Kier molecular flexibility index (Phi) is 6.21. The zero-order valence-electron chi connectivity index (χ0n) is 13.2. The zero-order valence-corrected chi connectivity index (χ0v) is 13.2. The first-order chi connectivity index (χ1) is 9.35. The highest BCUT2D eigenvalue weighted by molar-refractivity contribution is 5.78. The van der Waals surface area contributed by atoms with Crippen LogP contribution in [0.4, 0.5) is 0 Å². The highest BCUT2D eigenvalue weighted by atomic mass is 16.1. The van der Waals surface area contributed by atoms with Gasteiger partial charge in [-0.3, -0.25) is 4.79 Å². The molecule has 3 heteroatoms. The van der Waals surface area contributed by atoms with Crippen molar-refractivity contribution in [2.75, 3.05) is 6.54 Å². The Morgan fingerprint density at radius 1 is 1.20 bits per heavy atom. The van der Waals surface area contributed by atoms with Crippen LogP contribution in [-0.4, -0.2) is 12.5 Å². The summed E-state index contributed by atoms with van der Waals surface area (Å²) in [6, 6.07) is 8.36. The second kappa shape index (κ2) is 7.44. The van der Waals surface area contributed by atoms with E-state index in [1.54, 1.807) is 0 Å². The molecule has 1 unspecified atom stereocenters. The monoisotopic (exact) mass is 276 g/mol. The van der Waals surface area contributed by atoms with Gasteiger partial charge in [-0.25, -0.2) is 0 Å². The van der Waals surface area contributed by atoms with E-state index >= 15 is 0 Å². The summed E-state index contributed by atoms with van der Waals surface area (Å²) in [6.45, 7) is 9.50. The van der Waals surface area contributed by atoms with Crippen LogP contribution in [0.25, 0.3) is 0 Å². The van der Waals surface area contributed by atoms with Crippen molar-refractivity contribution in [2.45, 2.75) is 47.1 Å². The van der Waals surface area contributed by atoms with Gasteiger partial charge in [0.2, 0.25) is 5.91 Å². The highest BCUT2D eigenvalue weighted by Crippen LogP contribution is 2.24. The van der Waals surface area contributed by atoms with Crippen LogP contribution in [0.5, 0.6) is 0 Å². The van der Waals surface area contributed by atoms with Crippen molar-refractivity contribution in [1.29, 1.82) is 0 Å². The molecule has 0 aliphatic carbocycles. The van der Waals surface area contributed by atoms with E-state index in [0.717, 1.165) is 18.4 Å². The minimum absolute atomic E-state index is 0.0574. The molecule has 1 rings (SSSR count). The fraction of sp³-hybridized carbons (Fsp3) is 0.588. The molecule has 0 spiro atoms. The van der Waals surface area contributed by atoms with Crippen LogP contribution in [0, 0.1) is 11.3 Å². The number of aryl methyl sites for hydroxylation is 1. The zero-order chi connectivity index (χ0) is 15.2. The van der Waals surface area contributed by atoms with E-state index in [2.05, 4.69) is 57.3 Å². The molecule has 1 amide bonds. The van der Waals surface area contributed by atoms with Crippen LogP contribution in [0.3, 0.4) is 0 Å². The summed E-state index contributed by atoms with van der Waals surface area (Å²) in [4.78, 5) is 12.2. The first kappa shape index (κ1) is 16.7. The van der Waals surface area contributed by atoms with Crippen molar-refractivity contribution >= 4 is 5.91 Å². The van der Waals surface area contributed by atoms with Crippen molar-refractivity contribution in [3.05, 3.63) is 35.4 Å². The van der Waals surface area contributed by atoms with Crippen molar-refractivity contribution < 1.29 is 4.79 Å². The normalized spacial score (nSPS) is 13.1. The maximum Gasteiger partial charge on any atom is 0.224 e. The molecule has 0 fully saturated rings. The highest BCUT2D eigenvalue weighted by Gasteiger charge is 2.23. The van der Waals surface area contributed by atoms with Crippen molar-refractivity contribution in [3.8, 4) is 0 Å². The Hall–Kier alpha value is -1.35. The number of hydrogen-bond donors (Lipinski definition) is 2. The molecular weight excluding hydrogens is 248 g/mol. The molecule has 1 aromatic rings. The topological polar surface area (TPSA) is 55.1 Å². The molecule has 20 heavy (non-hydrogen) atoms. The smallest absolute Gasteiger partial charge is 0.224 e. The number of rotatable bonds is 6. The lowest BCUT2D eigenvalue weighted by Gasteiger charge is -2.24. The van der Waals surface area contributed by atoms with E-state index in [1.165, 1.54) is 5.56 Å². The van der Waals surface area contributed by atoms with Crippen LogP contribution in [0.15, 0.2) is 24.3 Å². The van der Waals surface area contributed by atoms with E-state index in [0.29, 0.717) is 13.1 Å². The number of nitrogens with two attached hydrogens (primary N) is 1. The van der Waals surface area contributed by atoms with Gasteiger partial charge in [-0.05, 0) is 29.4 Å². The molecule has 0 radical (unpaired) electrons. The first-order valence-electron chi connectivity index (χ1n) is 7.41. The molecule has 0 saturated carbocycles. The molecule has 0 heterocycles. The number of nitrogens with one attached hydrogen (secondary N) is 1. The number of amides is 1. The molecule has 0 aliphatic heterocycles. The van der Waals surface area contributed by atoms with Crippen LogP contribution >= 0.6 is 0 Å². The van der Waals surface area contributed by atoms with Gasteiger partial charge in [0.05, 0.1) is 5.92 Å². The number of carbonyl (C=O) groups excluding carboxylic acids is 1. The van der Waals surface area contributed by atoms with Gasteiger partial charge in [-0.1, -0.05) is 52.0 Å². The molecule has 0 aliphatic rings. The SMILES string of the molecule is CCc1ccc(CNC(=O)C(CN)CC(C)(C)C)cc1. The maximum absolute atomic E-state index is 12.2. The third-order valence-corrected chi connectivity index (χ3v) is 3.41. The van der Waals surface area contributed by atoms with Crippen LogP contribution in [0.2, 0.25) is 0 Å². The molecule has 112 valence electrons. The van der Waals surface area contributed by atoms with Crippen LogP contribution in [0.1, 0.15) is 45.2 Å². The first-order valence-corrected chi connectivity index (χ1v) is 7.41. The van der Waals surface area contributed by atoms with Gasteiger partial charge in [0.25, 0.3) is 0 Å². The third-order valence-electron chi connectivity index (χ3n) is 3.41. The fourth-order valence-electron chi connectivity index (χ4n) is 2.25. The Morgan fingerprint density at radius 3 is 2.20 bits per heavy atom. The number of hydrogen-bond acceptors (Lipinski definition) is 2. The van der Waals surface area contributed by atoms with Gasteiger partial charge in [-0.15, -0.1) is 0 Å². The average Bonchev–Trinajstić information content (AvgIpc) is 2.41. The molecule has 0 aromatic heterocycles. The average molecular weight is 276 g/mol. The third kappa shape index (κ3) is 5.74. The molecular formula is C17H28N2O. The summed E-state index contributed by atoms with van der Waals surface area (Å²) in [6.07, 6.45) is 1.84. The van der Waals surface area contributed by atoms with Gasteiger partial charge >= 0.3 is 0 Å². The van der Waals surface area contributed by atoms with Crippen molar-refractivity contribution in [3.63, 3.8) is 0 Å². The molecule has 0 bridgehead atoms. The quantitative estimate of drug-likeness (QED) is 0.839. The summed E-state index contributed by atoms with van der Waals surface area (Å²) in [7, 11) is 0. The summed E-state index contributed by atoms with van der Waals surface area (Å²) in [5.41, 5.74) is 8.28. The van der Waals surface area contributed by atoms with Gasteiger partial charge in [0, 0.05) is 13.1 Å². The minimum atomic E-state index is -0.107. The van der Waals surface area contributed by atoms with Gasteiger partial charge in [-0.2, -0.15) is 0 Å². The van der Waals surface area contributed by atoms with E-state index < -0.39 is 0 Å². The summed E-state index contributed by atoms with van der Waals surface area (Å²) >= 11 is 0. The summed E-state index contributed by atoms with van der Waals surface area (Å²) < 4.78 is 0. The lowest BCUT2D eigenvalue weighted by Crippen LogP contribution is -2.36. The lowest BCUT2D eigenvalue weighted by atomic mass is 9.84. The van der Waals surface area contributed by atoms with Crippen molar-refractivity contribution in [1.82, 2.24) is 5.32 Å². The van der Waals surface area contributed by atoms with Crippen LogP contribution < -0.4 is 11.1 Å².